The molecule has 86 valence electrons. The highest BCUT2D eigenvalue weighted by Crippen LogP contribution is 2.10. The minimum absolute atomic E-state index is 0.108. The summed E-state index contributed by atoms with van der Waals surface area (Å²) in [5, 5.41) is 6.89. The van der Waals surface area contributed by atoms with E-state index in [2.05, 4.69) is 17.0 Å². The molecule has 0 saturated heterocycles. The summed E-state index contributed by atoms with van der Waals surface area (Å²) in [4.78, 5) is 11.7. The van der Waals surface area contributed by atoms with Crippen molar-refractivity contribution in [3.8, 4) is 0 Å². The third-order valence-electron chi connectivity index (χ3n) is 2.23. The lowest BCUT2D eigenvalue weighted by Gasteiger charge is -2.04. The summed E-state index contributed by atoms with van der Waals surface area (Å²) < 4.78 is 1.66. The van der Waals surface area contributed by atoms with Gasteiger partial charge in [0.2, 0.25) is 0 Å². The van der Waals surface area contributed by atoms with Gasteiger partial charge in [0.1, 0.15) is 0 Å². The zero-order valence-corrected chi connectivity index (χ0v) is 9.95. The van der Waals surface area contributed by atoms with E-state index < -0.39 is 0 Å². The molecule has 0 aliphatic rings. The van der Waals surface area contributed by atoms with Crippen molar-refractivity contribution in [2.75, 3.05) is 6.54 Å². The SMILES string of the molecule is C=C(C)n1ncc(C(=O)NCC=CC)c1C. The molecule has 0 spiro atoms. The molecule has 1 aromatic rings. The summed E-state index contributed by atoms with van der Waals surface area (Å²) in [6.07, 6.45) is 5.34. The fraction of sp³-hybridized carbons (Fsp3) is 0.333. The molecule has 4 heteroatoms. The van der Waals surface area contributed by atoms with Crippen LogP contribution in [0.2, 0.25) is 0 Å². The molecular formula is C12H17N3O. The molecular weight excluding hydrogens is 202 g/mol. The van der Waals surface area contributed by atoms with Crippen molar-refractivity contribution in [2.45, 2.75) is 20.8 Å². The van der Waals surface area contributed by atoms with E-state index in [-0.39, 0.29) is 5.91 Å². The van der Waals surface area contributed by atoms with Gasteiger partial charge in [-0.25, -0.2) is 4.68 Å². The first-order chi connectivity index (χ1) is 7.57. The lowest BCUT2D eigenvalue weighted by atomic mass is 10.2. The van der Waals surface area contributed by atoms with E-state index in [9.17, 15) is 4.79 Å². The Balaban J connectivity index is 2.80. The molecule has 1 amide bonds. The van der Waals surface area contributed by atoms with Gasteiger partial charge in [-0.15, -0.1) is 0 Å². The van der Waals surface area contributed by atoms with Gasteiger partial charge in [-0.05, 0) is 20.8 Å². The third-order valence-corrected chi connectivity index (χ3v) is 2.23. The van der Waals surface area contributed by atoms with Crippen LogP contribution in [0.25, 0.3) is 5.70 Å². The van der Waals surface area contributed by atoms with Crippen LogP contribution in [0.5, 0.6) is 0 Å². The first kappa shape index (κ1) is 12.2. The average Bonchev–Trinajstić information content (AvgIpc) is 2.60. The lowest BCUT2D eigenvalue weighted by molar-refractivity contribution is 0.0957. The van der Waals surface area contributed by atoms with E-state index in [1.807, 2.05) is 32.9 Å². The third kappa shape index (κ3) is 2.59. The lowest BCUT2D eigenvalue weighted by Crippen LogP contribution is -2.23. The number of hydrogen-bond acceptors (Lipinski definition) is 2. The summed E-state index contributed by atoms with van der Waals surface area (Å²) in [5.74, 6) is -0.108. The normalized spacial score (nSPS) is 10.7. The van der Waals surface area contributed by atoms with E-state index in [4.69, 9.17) is 0 Å². The van der Waals surface area contributed by atoms with E-state index in [0.717, 1.165) is 11.4 Å². The van der Waals surface area contributed by atoms with Gasteiger partial charge in [-0.1, -0.05) is 18.7 Å². The van der Waals surface area contributed by atoms with Crippen LogP contribution in [-0.2, 0) is 0 Å². The van der Waals surface area contributed by atoms with Crippen LogP contribution in [0.15, 0.2) is 24.9 Å². The van der Waals surface area contributed by atoms with Gasteiger partial charge in [-0.2, -0.15) is 5.10 Å². The molecule has 1 rings (SSSR count). The number of allylic oxidation sites excluding steroid dienone is 2. The van der Waals surface area contributed by atoms with Gasteiger partial charge >= 0.3 is 0 Å². The summed E-state index contributed by atoms with van der Waals surface area (Å²) in [5.41, 5.74) is 2.20. The van der Waals surface area contributed by atoms with Crippen LogP contribution in [0, 0.1) is 6.92 Å². The highest BCUT2D eigenvalue weighted by atomic mass is 16.1. The molecule has 0 saturated carbocycles. The fourth-order valence-electron chi connectivity index (χ4n) is 1.38. The first-order valence-corrected chi connectivity index (χ1v) is 5.17. The number of hydrogen-bond donors (Lipinski definition) is 1. The van der Waals surface area contributed by atoms with Gasteiger partial charge in [0.15, 0.2) is 0 Å². The number of carbonyl (C=O) groups is 1. The molecule has 1 heterocycles. The molecule has 1 aromatic heterocycles. The summed E-state index contributed by atoms with van der Waals surface area (Å²) in [6.45, 7) is 9.94. The minimum Gasteiger partial charge on any atom is -0.348 e. The van der Waals surface area contributed by atoms with E-state index >= 15 is 0 Å². The van der Waals surface area contributed by atoms with Crippen molar-refractivity contribution >= 4 is 11.6 Å². The molecule has 0 aliphatic heterocycles. The zero-order valence-electron chi connectivity index (χ0n) is 9.95. The summed E-state index contributed by atoms with van der Waals surface area (Å²) in [7, 11) is 0. The first-order valence-electron chi connectivity index (χ1n) is 5.17. The Morgan fingerprint density at radius 2 is 2.38 bits per heavy atom. The second-order valence-electron chi connectivity index (χ2n) is 3.57. The Labute approximate surface area is 95.7 Å². The molecule has 0 bridgehead atoms. The van der Waals surface area contributed by atoms with Crippen molar-refractivity contribution in [1.29, 1.82) is 0 Å². The van der Waals surface area contributed by atoms with E-state index in [0.29, 0.717) is 12.1 Å². The topological polar surface area (TPSA) is 46.9 Å². The van der Waals surface area contributed by atoms with Crippen molar-refractivity contribution in [3.05, 3.63) is 36.2 Å². The maximum atomic E-state index is 11.7. The standard InChI is InChI=1S/C12H17N3O/c1-5-6-7-13-12(16)11-8-14-15(9(2)3)10(11)4/h5-6,8H,2,7H2,1,3-4H3,(H,13,16). The van der Waals surface area contributed by atoms with Crippen LogP contribution >= 0.6 is 0 Å². The van der Waals surface area contributed by atoms with Gasteiger partial charge < -0.3 is 5.32 Å². The van der Waals surface area contributed by atoms with Crippen molar-refractivity contribution in [3.63, 3.8) is 0 Å². The molecule has 0 atom stereocenters. The maximum Gasteiger partial charge on any atom is 0.255 e. The maximum absolute atomic E-state index is 11.7. The number of nitrogens with zero attached hydrogens (tertiary/aromatic N) is 2. The van der Waals surface area contributed by atoms with Gasteiger partial charge in [0.05, 0.1) is 17.5 Å². The van der Waals surface area contributed by atoms with Crippen LogP contribution in [-0.4, -0.2) is 22.2 Å². The largest absolute Gasteiger partial charge is 0.348 e. The quantitative estimate of drug-likeness (QED) is 0.787. The molecule has 0 aliphatic carbocycles. The number of amides is 1. The highest BCUT2D eigenvalue weighted by molar-refractivity contribution is 5.95. The zero-order chi connectivity index (χ0) is 12.1. The van der Waals surface area contributed by atoms with Crippen molar-refractivity contribution in [1.82, 2.24) is 15.1 Å². The molecule has 4 nitrogen and oxygen atoms in total. The second-order valence-corrected chi connectivity index (χ2v) is 3.57. The molecule has 16 heavy (non-hydrogen) atoms. The number of rotatable bonds is 4. The highest BCUT2D eigenvalue weighted by Gasteiger charge is 2.13. The summed E-state index contributed by atoms with van der Waals surface area (Å²) >= 11 is 0. The number of nitrogens with one attached hydrogen (secondary N) is 1. The Hall–Kier alpha value is -1.84. The Morgan fingerprint density at radius 1 is 1.69 bits per heavy atom. The molecule has 0 aromatic carbocycles. The van der Waals surface area contributed by atoms with E-state index in [1.54, 1.807) is 10.9 Å². The van der Waals surface area contributed by atoms with Crippen LogP contribution < -0.4 is 5.32 Å². The average molecular weight is 219 g/mol. The number of carbonyl (C=O) groups excluding carboxylic acids is 1. The Morgan fingerprint density at radius 3 is 2.88 bits per heavy atom. The van der Waals surface area contributed by atoms with E-state index in [1.165, 1.54) is 0 Å². The second kappa shape index (κ2) is 5.30. The molecule has 0 unspecified atom stereocenters. The Kier molecular flexibility index (Phi) is 4.05. The predicted octanol–water partition coefficient (Wildman–Crippen LogP) is 1.99. The smallest absolute Gasteiger partial charge is 0.255 e. The molecule has 1 N–H and O–H groups in total. The summed E-state index contributed by atoms with van der Waals surface area (Å²) in [6, 6.07) is 0. The van der Waals surface area contributed by atoms with Crippen LogP contribution in [0.4, 0.5) is 0 Å². The Bertz CT molecular complexity index is 429. The molecule has 0 fully saturated rings. The fourth-order valence-corrected chi connectivity index (χ4v) is 1.38. The molecule has 0 radical (unpaired) electrons. The van der Waals surface area contributed by atoms with Crippen molar-refractivity contribution in [2.24, 2.45) is 0 Å². The monoisotopic (exact) mass is 219 g/mol. The van der Waals surface area contributed by atoms with Crippen molar-refractivity contribution < 1.29 is 4.79 Å². The van der Waals surface area contributed by atoms with Gasteiger partial charge in [-0.3, -0.25) is 4.79 Å². The van der Waals surface area contributed by atoms with Crippen LogP contribution in [0.3, 0.4) is 0 Å². The van der Waals surface area contributed by atoms with Gasteiger partial charge in [0.25, 0.3) is 5.91 Å². The predicted molar refractivity (Wildman–Crippen MR) is 65.1 cm³/mol. The van der Waals surface area contributed by atoms with Gasteiger partial charge in [0, 0.05) is 12.2 Å². The van der Waals surface area contributed by atoms with Crippen LogP contribution in [0.1, 0.15) is 29.9 Å². The minimum atomic E-state index is -0.108. The number of aromatic nitrogens is 2.